The Hall–Kier alpha value is -2.08. The summed E-state index contributed by atoms with van der Waals surface area (Å²) >= 11 is 5.63. The molecule has 0 amide bonds. The van der Waals surface area contributed by atoms with Gasteiger partial charge in [0.1, 0.15) is 0 Å². The van der Waals surface area contributed by atoms with Crippen molar-refractivity contribution in [1.82, 2.24) is 4.98 Å². The topological polar surface area (TPSA) is 78.4 Å². The number of nitrogens with zero attached hydrogens (tertiary/aromatic N) is 2. The molecular weight excluding hydrogens is 296 g/mol. The first-order valence-corrected chi connectivity index (χ1v) is 7.12. The van der Waals surface area contributed by atoms with Crippen molar-refractivity contribution in [2.45, 2.75) is 19.8 Å². The first-order valence-electron chi connectivity index (χ1n) is 6.58. The fourth-order valence-corrected chi connectivity index (χ4v) is 2.06. The van der Waals surface area contributed by atoms with E-state index in [0.717, 1.165) is 6.42 Å². The number of hydrogen-bond donors (Lipinski definition) is 0. The summed E-state index contributed by atoms with van der Waals surface area (Å²) in [5.74, 6) is 1.73. The van der Waals surface area contributed by atoms with E-state index in [1.54, 1.807) is 25.3 Å². The van der Waals surface area contributed by atoms with Crippen LogP contribution in [0, 0.1) is 10.1 Å². The van der Waals surface area contributed by atoms with E-state index in [4.69, 9.17) is 20.8 Å². The third-order valence-electron chi connectivity index (χ3n) is 2.82. The molecule has 0 aliphatic heterocycles. The minimum Gasteiger partial charge on any atom is -0.487 e. The van der Waals surface area contributed by atoms with Crippen molar-refractivity contribution >= 4 is 17.3 Å². The van der Waals surface area contributed by atoms with Gasteiger partial charge in [-0.1, -0.05) is 6.07 Å². The molecule has 0 spiro atoms. The van der Waals surface area contributed by atoms with Gasteiger partial charge in [-0.05, 0) is 19.4 Å². The molecule has 1 aromatic carbocycles. The fraction of sp³-hybridized carbons (Fsp3) is 0.357. The first-order chi connectivity index (χ1) is 10.2. The van der Waals surface area contributed by atoms with Crippen molar-refractivity contribution in [1.29, 1.82) is 0 Å². The third kappa shape index (κ3) is 3.52. The Bertz CT molecular complexity index is 627. The van der Waals surface area contributed by atoms with Gasteiger partial charge in [-0.15, -0.1) is 11.6 Å². The molecule has 0 aliphatic carbocycles. The Morgan fingerprint density at radius 1 is 1.48 bits per heavy atom. The molecular formula is C14H15ClN2O4. The molecule has 7 heteroatoms. The average molecular weight is 311 g/mol. The van der Waals surface area contributed by atoms with Gasteiger partial charge in [-0.25, -0.2) is 4.98 Å². The van der Waals surface area contributed by atoms with Crippen LogP contribution in [0.4, 0.5) is 5.69 Å². The van der Waals surface area contributed by atoms with Crippen LogP contribution in [-0.2, 0) is 6.42 Å². The number of benzene rings is 1. The molecule has 2 rings (SSSR count). The summed E-state index contributed by atoms with van der Waals surface area (Å²) in [7, 11) is 0. The number of alkyl halides is 1. The zero-order valence-corrected chi connectivity index (χ0v) is 12.3. The van der Waals surface area contributed by atoms with Crippen molar-refractivity contribution < 1.29 is 14.1 Å². The van der Waals surface area contributed by atoms with E-state index >= 15 is 0 Å². The van der Waals surface area contributed by atoms with Crippen LogP contribution in [0.5, 0.6) is 5.75 Å². The molecule has 0 fully saturated rings. The van der Waals surface area contributed by atoms with E-state index in [1.807, 2.05) is 0 Å². The van der Waals surface area contributed by atoms with Crippen LogP contribution in [0.2, 0.25) is 0 Å². The second kappa shape index (κ2) is 7.08. The van der Waals surface area contributed by atoms with Gasteiger partial charge in [0.05, 0.1) is 23.3 Å². The molecule has 21 heavy (non-hydrogen) atoms. The maximum atomic E-state index is 11.1. The molecule has 1 aromatic heterocycles. The van der Waals surface area contributed by atoms with Crippen LogP contribution in [0.1, 0.15) is 19.2 Å². The zero-order chi connectivity index (χ0) is 15.2. The van der Waals surface area contributed by atoms with Crippen molar-refractivity contribution in [3.05, 3.63) is 40.4 Å². The number of ether oxygens (including phenoxy) is 1. The van der Waals surface area contributed by atoms with E-state index in [1.165, 1.54) is 6.07 Å². The Morgan fingerprint density at radius 2 is 2.29 bits per heavy atom. The molecule has 0 saturated heterocycles. The minimum atomic E-state index is -0.473. The number of aryl methyl sites for hydroxylation is 1. The van der Waals surface area contributed by atoms with Crippen LogP contribution in [0.25, 0.3) is 11.3 Å². The molecule has 0 bridgehead atoms. The van der Waals surface area contributed by atoms with Crippen LogP contribution in [-0.4, -0.2) is 22.4 Å². The average Bonchev–Trinajstić information content (AvgIpc) is 2.94. The quantitative estimate of drug-likeness (QED) is 0.441. The predicted molar refractivity (Wildman–Crippen MR) is 78.8 cm³/mol. The summed E-state index contributed by atoms with van der Waals surface area (Å²) in [6, 6.07) is 4.71. The molecule has 112 valence electrons. The molecule has 0 N–H and O–H groups in total. The number of hydrogen-bond acceptors (Lipinski definition) is 5. The second-order valence-electron chi connectivity index (χ2n) is 4.25. The SMILES string of the molecule is CCOc1c(-c2cnc(CCCCl)o2)cccc1[N+](=O)[O-]. The predicted octanol–water partition coefficient (Wildman–Crippen LogP) is 3.82. The normalized spacial score (nSPS) is 10.6. The van der Waals surface area contributed by atoms with Gasteiger partial charge >= 0.3 is 5.69 Å². The Balaban J connectivity index is 2.40. The Kier molecular flexibility index (Phi) is 5.16. The standard InChI is InChI=1S/C14H15ClN2O4/c1-2-20-14-10(5-3-6-11(14)17(18)19)12-9-16-13(21-12)7-4-8-15/h3,5-6,9H,2,4,7-8H2,1H3. The Morgan fingerprint density at radius 3 is 2.95 bits per heavy atom. The second-order valence-corrected chi connectivity index (χ2v) is 4.63. The van der Waals surface area contributed by atoms with Gasteiger partial charge in [0.25, 0.3) is 0 Å². The molecule has 2 aromatic rings. The van der Waals surface area contributed by atoms with Gasteiger partial charge < -0.3 is 9.15 Å². The molecule has 0 saturated carbocycles. The van der Waals surface area contributed by atoms with Crippen LogP contribution in [0.3, 0.4) is 0 Å². The number of para-hydroxylation sites is 1. The highest BCUT2D eigenvalue weighted by atomic mass is 35.5. The maximum absolute atomic E-state index is 11.1. The van der Waals surface area contributed by atoms with Crippen molar-refractivity contribution in [2.75, 3.05) is 12.5 Å². The highest BCUT2D eigenvalue weighted by Crippen LogP contribution is 2.38. The highest BCUT2D eigenvalue weighted by molar-refractivity contribution is 6.17. The summed E-state index contributed by atoms with van der Waals surface area (Å²) in [4.78, 5) is 14.8. The van der Waals surface area contributed by atoms with Gasteiger partial charge in [0, 0.05) is 18.4 Å². The minimum absolute atomic E-state index is 0.0898. The van der Waals surface area contributed by atoms with Gasteiger partial charge in [0.2, 0.25) is 5.75 Å². The largest absolute Gasteiger partial charge is 0.487 e. The lowest BCUT2D eigenvalue weighted by molar-refractivity contribution is -0.385. The summed E-state index contributed by atoms with van der Waals surface area (Å²) in [5.41, 5.74) is 0.434. The Labute approximate surface area is 126 Å². The summed E-state index contributed by atoms with van der Waals surface area (Å²) in [5, 5.41) is 11.1. The van der Waals surface area contributed by atoms with Gasteiger partial charge in [-0.2, -0.15) is 0 Å². The van der Waals surface area contributed by atoms with Gasteiger partial charge in [-0.3, -0.25) is 10.1 Å². The van der Waals surface area contributed by atoms with Crippen molar-refractivity contribution in [2.24, 2.45) is 0 Å². The molecule has 6 nitrogen and oxygen atoms in total. The van der Waals surface area contributed by atoms with E-state index in [-0.39, 0.29) is 11.4 Å². The molecule has 0 atom stereocenters. The zero-order valence-electron chi connectivity index (χ0n) is 11.5. The van der Waals surface area contributed by atoms with E-state index in [0.29, 0.717) is 36.1 Å². The monoisotopic (exact) mass is 310 g/mol. The van der Waals surface area contributed by atoms with Crippen LogP contribution < -0.4 is 4.74 Å². The summed E-state index contributed by atoms with van der Waals surface area (Å²) < 4.78 is 11.0. The number of nitro groups is 1. The smallest absolute Gasteiger partial charge is 0.311 e. The van der Waals surface area contributed by atoms with Crippen LogP contribution in [0.15, 0.2) is 28.8 Å². The molecule has 0 radical (unpaired) electrons. The number of nitro benzene ring substituents is 1. The number of rotatable bonds is 7. The number of aromatic nitrogens is 1. The van der Waals surface area contributed by atoms with E-state index in [2.05, 4.69) is 4.98 Å². The lowest BCUT2D eigenvalue weighted by atomic mass is 10.1. The molecule has 1 heterocycles. The van der Waals surface area contributed by atoms with E-state index in [9.17, 15) is 10.1 Å². The molecule has 0 aliphatic rings. The summed E-state index contributed by atoms with van der Waals surface area (Å²) in [6.07, 6.45) is 2.93. The third-order valence-corrected chi connectivity index (χ3v) is 3.09. The highest BCUT2D eigenvalue weighted by Gasteiger charge is 2.22. The molecule has 0 unspecified atom stereocenters. The fourth-order valence-electron chi connectivity index (χ4n) is 1.93. The number of oxazole rings is 1. The van der Waals surface area contributed by atoms with Crippen LogP contribution >= 0.6 is 11.6 Å². The van der Waals surface area contributed by atoms with Gasteiger partial charge in [0.15, 0.2) is 11.7 Å². The van der Waals surface area contributed by atoms with E-state index < -0.39 is 4.92 Å². The first kappa shape index (κ1) is 15.3. The lowest BCUT2D eigenvalue weighted by Crippen LogP contribution is -1.99. The lowest BCUT2D eigenvalue weighted by Gasteiger charge is -2.08. The van der Waals surface area contributed by atoms with Crippen molar-refractivity contribution in [3.63, 3.8) is 0 Å². The van der Waals surface area contributed by atoms with Crippen molar-refractivity contribution in [3.8, 4) is 17.1 Å². The summed E-state index contributed by atoms with van der Waals surface area (Å²) in [6.45, 7) is 2.10. The number of halogens is 1. The maximum Gasteiger partial charge on any atom is 0.311 e.